The second-order valence-corrected chi connectivity index (χ2v) is 5.06. The minimum atomic E-state index is -1.42. The fraction of sp³-hybridized carbons (Fsp3) is 0.118. The average Bonchev–Trinajstić information content (AvgIpc) is 2.79. The number of rotatable bonds is 1. The fourth-order valence-corrected chi connectivity index (χ4v) is 3.01. The third-order valence-electron chi connectivity index (χ3n) is 3.89. The predicted octanol–water partition coefficient (Wildman–Crippen LogP) is 2.12. The maximum Gasteiger partial charge on any atom is 0.329 e. The molecule has 0 bridgehead atoms. The normalized spacial score (nSPS) is 23.1. The van der Waals surface area contributed by atoms with Crippen LogP contribution in [0.1, 0.15) is 21.5 Å². The second kappa shape index (κ2) is 4.12. The van der Waals surface area contributed by atoms with Crippen LogP contribution in [0.2, 0.25) is 0 Å². The molecule has 0 radical (unpaired) electrons. The smallest absolute Gasteiger partial charge is 0.329 e. The molecule has 0 aromatic heterocycles. The summed E-state index contributed by atoms with van der Waals surface area (Å²) in [6, 6.07) is 16.3. The van der Waals surface area contributed by atoms with Crippen molar-refractivity contribution in [2.24, 2.45) is 4.99 Å². The van der Waals surface area contributed by atoms with Crippen molar-refractivity contribution >= 4 is 17.5 Å². The standard InChI is InChI=1S/C17H11NO3/c19-14-10-18-15-12-8-4-5-9-13(12)16(20)17(15,21-14)11-6-2-1-3-7-11/h1-9H,10H2/t17-/m1/s1. The molecule has 0 spiro atoms. The first-order valence-corrected chi connectivity index (χ1v) is 6.70. The van der Waals surface area contributed by atoms with Gasteiger partial charge in [0.2, 0.25) is 11.4 Å². The first kappa shape index (κ1) is 12.0. The highest BCUT2D eigenvalue weighted by atomic mass is 16.6. The monoisotopic (exact) mass is 277 g/mol. The van der Waals surface area contributed by atoms with Crippen LogP contribution in [-0.2, 0) is 15.1 Å². The summed E-state index contributed by atoms with van der Waals surface area (Å²) in [7, 11) is 0. The summed E-state index contributed by atoms with van der Waals surface area (Å²) in [6.07, 6.45) is 0. The van der Waals surface area contributed by atoms with Crippen LogP contribution in [0.3, 0.4) is 0 Å². The van der Waals surface area contributed by atoms with Crippen molar-refractivity contribution < 1.29 is 14.3 Å². The quantitative estimate of drug-likeness (QED) is 0.750. The fourth-order valence-electron chi connectivity index (χ4n) is 3.01. The molecule has 1 aliphatic carbocycles. The number of hydrogen-bond donors (Lipinski definition) is 0. The molecule has 1 aliphatic heterocycles. The van der Waals surface area contributed by atoms with Gasteiger partial charge in [-0.15, -0.1) is 0 Å². The average molecular weight is 277 g/mol. The van der Waals surface area contributed by atoms with Gasteiger partial charge < -0.3 is 4.74 Å². The second-order valence-electron chi connectivity index (χ2n) is 5.06. The molecule has 4 heteroatoms. The highest BCUT2D eigenvalue weighted by Crippen LogP contribution is 2.42. The first-order chi connectivity index (χ1) is 10.2. The molecular formula is C17H11NO3. The van der Waals surface area contributed by atoms with Gasteiger partial charge >= 0.3 is 5.97 Å². The van der Waals surface area contributed by atoms with Gasteiger partial charge in [-0.25, -0.2) is 4.79 Å². The van der Waals surface area contributed by atoms with E-state index in [9.17, 15) is 9.59 Å². The summed E-state index contributed by atoms with van der Waals surface area (Å²) in [5.41, 5.74) is 1.06. The van der Waals surface area contributed by atoms with E-state index < -0.39 is 11.6 Å². The lowest BCUT2D eigenvalue weighted by Crippen LogP contribution is -2.46. The SMILES string of the molecule is O=C1CN=C2c3ccccc3C(=O)[C@]2(c2ccccc2)O1. The van der Waals surface area contributed by atoms with E-state index in [0.717, 1.165) is 5.56 Å². The van der Waals surface area contributed by atoms with Crippen molar-refractivity contribution in [1.82, 2.24) is 0 Å². The molecule has 4 rings (SSSR count). The summed E-state index contributed by atoms with van der Waals surface area (Å²) >= 11 is 0. The number of Topliss-reactive ketones (excluding diaryl/α,β-unsaturated/α-hetero) is 1. The predicted molar refractivity (Wildman–Crippen MR) is 76.4 cm³/mol. The molecular weight excluding hydrogens is 266 g/mol. The lowest BCUT2D eigenvalue weighted by Gasteiger charge is -2.31. The van der Waals surface area contributed by atoms with Crippen LogP contribution < -0.4 is 0 Å². The van der Waals surface area contributed by atoms with Crippen LogP contribution in [-0.4, -0.2) is 24.0 Å². The van der Waals surface area contributed by atoms with E-state index in [1.54, 1.807) is 24.3 Å². The summed E-state index contributed by atoms with van der Waals surface area (Å²) in [5.74, 6) is -0.708. The van der Waals surface area contributed by atoms with Crippen molar-refractivity contribution in [3.63, 3.8) is 0 Å². The van der Waals surface area contributed by atoms with E-state index in [-0.39, 0.29) is 12.3 Å². The molecule has 2 aliphatic rings. The lowest BCUT2D eigenvalue weighted by atomic mass is 9.87. The molecule has 0 saturated heterocycles. The van der Waals surface area contributed by atoms with Gasteiger partial charge in [0.25, 0.3) is 0 Å². The number of nitrogens with zero attached hydrogens (tertiary/aromatic N) is 1. The minimum Gasteiger partial charge on any atom is -0.438 e. The Labute approximate surface area is 121 Å². The molecule has 21 heavy (non-hydrogen) atoms. The van der Waals surface area contributed by atoms with Crippen molar-refractivity contribution in [3.05, 3.63) is 71.3 Å². The third kappa shape index (κ3) is 1.47. The Hall–Kier alpha value is -2.75. The maximum absolute atomic E-state index is 12.9. The molecule has 2 aromatic carbocycles. The number of ether oxygens (including phenoxy) is 1. The number of esters is 1. The first-order valence-electron chi connectivity index (χ1n) is 6.70. The number of carbonyl (C=O) groups is 2. The van der Waals surface area contributed by atoms with Crippen LogP contribution in [0, 0.1) is 0 Å². The lowest BCUT2D eigenvalue weighted by molar-refractivity contribution is -0.150. The summed E-state index contributed by atoms with van der Waals surface area (Å²) < 4.78 is 5.56. The van der Waals surface area contributed by atoms with E-state index >= 15 is 0 Å². The number of hydrogen-bond acceptors (Lipinski definition) is 4. The van der Waals surface area contributed by atoms with Crippen molar-refractivity contribution in [1.29, 1.82) is 0 Å². The molecule has 102 valence electrons. The Kier molecular flexibility index (Phi) is 2.36. The van der Waals surface area contributed by atoms with Crippen LogP contribution in [0.4, 0.5) is 0 Å². The number of aliphatic imine (C=N–C) groups is 1. The van der Waals surface area contributed by atoms with Crippen LogP contribution in [0.25, 0.3) is 0 Å². The number of carbonyl (C=O) groups excluding carboxylic acids is 2. The van der Waals surface area contributed by atoms with Gasteiger partial charge in [0.1, 0.15) is 6.54 Å². The Morgan fingerprint density at radius 1 is 0.905 bits per heavy atom. The van der Waals surface area contributed by atoms with Crippen LogP contribution in [0.5, 0.6) is 0 Å². The number of fused-ring (bicyclic) bond motifs is 3. The number of ketones is 1. The molecule has 0 fully saturated rings. The topological polar surface area (TPSA) is 55.7 Å². The molecule has 0 amide bonds. The van der Waals surface area contributed by atoms with Gasteiger partial charge in [-0.05, 0) is 0 Å². The van der Waals surface area contributed by atoms with Crippen LogP contribution in [0.15, 0.2) is 59.6 Å². The minimum absolute atomic E-state index is 0.0501. The molecule has 4 nitrogen and oxygen atoms in total. The Bertz CT molecular complexity index is 795. The van der Waals surface area contributed by atoms with Crippen molar-refractivity contribution in [2.75, 3.05) is 6.54 Å². The number of benzene rings is 2. The van der Waals surface area contributed by atoms with Gasteiger partial charge in [0.15, 0.2) is 0 Å². The highest BCUT2D eigenvalue weighted by molar-refractivity contribution is 6.35. The Morgan fingerprint density at radius 2 is 1.57 bits per heavy atom. The molecule has 0 saturated carbocycles. The Balaban J connectivity index is 2.04. The zero-order chi connectivity index (χ0) is 14.4. The van der Waals surface area contributed by atoms with E-state index in [1.807, 2.05) is 30.3 Å². The molecule has 1 atom stereocenters. The Morgan fingerprint density at radius 3 is 2.33 bits per heavy atom. The van der Waals surface area contributed by atoms with Gasteiger partial charge in [-0.2, -0.15) is 0 Å². The molecule has 1 heterocycles. The third-order valence-corrected chi connectivity index (χ3v) is 3.89. The van der Waals surface area contributed by atoms with E-state index in [1.165, 1.54) is 0 Å². The van der Waals surface area contributed by atoms with Crippen LogP contribution >= 0.6 is 0 Å². The molecule has 0 unspecified atom stereocenters. The summed E-state index contributed by atoms with van der Waals surface area (Å²) in [4.78, 5) is 29.1. The maximum atomic E-state index is 12.9. The van der Waals surface area contributed by atoms with Crippen molar-refractivity contribution in [2.45, 2.75) is 5.60 Å². The summed E-state index contributed by atoms with van der Waals surface area (Å²) in [6.45, 7) is -0.0501. The van der Waals surface area contributed by atoms with Gasteiger partial charge in [-0.1, -0.05) is 54.6 Å². The zero-order valence-corrected chi connectivity index (χ0v) is 11.1. The van der Waals surface area contributed by atoms with Gasteiger partial charge in [0.05, 0.1) is 5.71 Å². The van der Waals surface area contributed by atoms with Crippen molar-refractivity contribution in [3.8, 4) is 0 Å². The molecule has 2 aromatic rings. The highest BCUT2D eigenvalue weighted by Gasteiger charge is 2.57. The van der Waals surface area contributed by atoms with E-state index in [0.29, 0.717) is 16.8 Å². The van der Waals surface area contributed by atoms with E-state index in [2.05, 4.69) is 4.99 Å². The van der Waals surface area contributed by atoms with E-state index in [4.69, 9.17) is 4.74 Å². The largest absolute Gasteiger partial charge is 0.438 e. The molecule has 0 N–H and O–H groups in total. The summed E-state index contributed by atoms with van der Waals surface area (Å²) in [5, 5.41) is 0. The zero-order valence-electron chi connectivity index (χ0n) is 11.1. The van der Waals surface area contributed by atoms with Gasteiger partial charge in [0, 0.05) is 16.7 Å². The van der Waals surface area contributed by atoms with Gasteiger partial charge in [-0.3, -0.25) is 9.79 Å².